The molecule has 31 heavy (non-hydrogen) atoms. The van der Waals surface area contributed by atoms with Crippen LogP contribution in [0.5, 0.6) is 5.75 Å². The maximum Gasteiger partial charge on any atom is 0.255 e. The van der Waals surface area contributed by atoms with E-state index in [9.17, 15) is 9.59 Å². The number of hydrogen-bond donors (Lipinski definition) is 2. The number of amides is 1. The molecule has 6 heteroatoms. The Hall–Kier alpha value is -3.41. The third kappa shape index (κ3) is 4.24. The molecule has 0 unspecified atom stereocenters. The highest BCUT2D eigenvalue weighted by Gasteiger charge is 2.38. The highest BCUT2D eigenvalue weighted by molar-refractivity contribution is 6.09. The van der Waals surface area contributed by atoms with Gasteiger partial charge < -0.3 is 15.4 Å². The van der Waals surface area contributed by atoms with E-state index in [2.05, 4.69) is 15.6 Å². The average molecular weight is 418 g/mol. The van der Waals surface area contributed by atoms with Crippen LogP contribution in [0.4, 0.5) is 5.82 Å². The number of nitrogens with one attached hydrogen (secondary N) is 2. The molecular formula is C25H27N3O3. The molecule has 0 bridgehead atoms. The topological polar surface area (TPSA) is 80.3 Å². The summed E-state index contributed by atoms with van der Waals surface area (Å²) < 4.78 is 5.57. The van der Waals surface area contributed by atoms with Gasteiger partial charge in [0.15, 0.2) is 5.78 Å². The van der Waals surface area contributed by atoms with Gasteiger partial charge in [0.05, 0.1) is 6.61 Å². The molecule has 1 aliphatic heterocycles. The first-order valence-electron chi connectivity index (χ1n) is 10.7. The minimum absolute atomic E-state index is 0.0964. The fourth-order valence-electron chi connectivity index (χ4n) is 4.34. The first-order valence-corrected chi connectivity index (χ1v) is 10.7. The van der Waals surface area contributed by atoms with E-state index in [1.807, 2.05) is 57.2 Å². The Labute approximate surface area is 182 Å². The molecule has 1 aromatic carbocycles. The molecule has 2 N–H and O–H groups in total. The molecule has 1 amide bonds. The second-order valence-electron chi connectivity index (χ2n) is 7.89. The van der Waals surface area contributed by atoms with Crippen molar-refractivity contribution in [2.45, 2.75) is 46.0 Å². The first-order chi connectivity index (χ1) is 15.0. The highest BCUT2D eigenvalue weighted by Crippen LogP contribution is 2.42. The first kappa shape index (κ1) is 20.8. The van der Waals surface area contributed by atoms with Gasteiger partial charge in [-0.05, 0) is 63.4 Å². The van der Waals surface area contributed by atoms with Crippen LogP contribution in [-0.2, 0) is 9.59 Å². The standard InChI is InChI=1S/C25H27N3O3/c1-4-31-18-13-11-17(12-14-18)23-22(25(30)28-21-10-5-7-15(2)26-21)16(3)27-19-8-6-9-20(29)24(19)23/h5,7,10-14,23,27H,4,6,8-9H2,1-3H3,(H,26,28,30)/t23-/m1/s1. The molecule has 0 saturated heterocycles. The lowest BCUT2D eigenvalue weighted by molar-refractivity contribution is -0.116. The summed E-state index contributed by atoms with van der Waals surface area (Å²) in [5, 5.41) is 6.26. The molecule has 2 aromatic rings. The van der Waals surface area contributed by atoms with E-state index in [0.29, 0.717) is 30.0 Å². The number of benzene rings is 1. The number of ether oxygens (including phenoxy) is 1. The maximum atomic E-state index is 13.4. The summed E-state index contributed by atoms with van der Waals surface area (Å²) >= 11 is 0. The largest absolute Gasteiger partial charge is 0.494 e. The van der Waals surface area contributed by atoms with Crippen molar-refractivity contribution in [3.63, 3.8) is 0 Å². The predicted molar refractivity (Wildman–Crippen MR) is 120 cm³/mol. The van der Waals surface area contributed by atoms with Crippen LogP contribution in [0.25, 0.3) is 0 Å². The molecule has 0 radical (unpaired) electrons. The monoisotopic (exact) mass is 417 g/mol. The molecule has 160 valence electrons. The van der Waals surface area contributed by atoms with Gasteiger partial charge in [0.25, 0.3) is 5.91 Å². The number of ketones is 1. The molecule has 0 spiro atoms. The van der Waals surface area contributed by atoms with Gasteiger partial charge in [-0.3, -0.25) is 9.59 Å². The summed E-state index contributed by atoms with van der Waals surface area (Å²) in [7, 11) is 0. The van der Waals surface area contributed by atoms with Crippen molar-refractivity contribution in [3.05, 3.63) is 76.3 Å². The van der Waals surface area contributed by atoms with E-state index in [4.69, 9.17) is 4.74 Å². The fraction of sp³-hybridized carbons (Fsp3) is 0.320. The highest BCUT2D eigenvalue weighted by atomic mass is 16.5. The number of allylic oxidation sites excluding steroid dienone is 3. The Morgan fingerprint density at radius 2 is 1.94 bits per heavy atom. The number of carbonyl (C=O) groups is 2. The van der Waals surface area contributed by atoms with E-state index < -0.39 is 5.92 Å². The third-order valence-corrected chi connectivity index (χ3v) is 5.67. The maximum absolute atomic E-state index is 13.4. The number of aromatic nitrogens is 1. The zero-order chi connectivity index (χ0) is 22.0. The molecule has 2 heterocycles. The van der Waals surface area contributed by atoms with Crippen molar-refractivity contribution in [1.82, 2.24) is 10.3 Å². The van der Waals surface area contributed by atoms with Crippen molar-refractivity contribution in [1.29, 1.82) is 0 Å². The number of Topliss-reactive ketones (excluding diaryl/α,β-unsaturated/α-hetero) is 1. The summed E-state index contributed by atoms with van der Waals surface area (Å²) in [5.41, 5.74) is 4.65. The predicted octanol–water partition coefficient (Wildman–Crippen LogP) is 4.40. The quantitative estimate of drug-likeness (QED) is 0.754. The minimum Gasteiger partial charge on any atom is -0.494 e. The number of rotatable bonds is 5. The second kappa shape index (κ2) is 8.76. The Bertz CT molecular complexity index is 1080. The van der Waals surface area contributed by atoms with Gasteiger partial charge in [0.1, 0.15) is 11.6 Å². The number of nitrogens with zero attached hydrogens (tertiary/aromatic N) is 1. The van der Waals surface area contributed by atoms with Gasteiger partial charge >= 0.3 is 0 Å². The number of anilines is 1. The van der Waals surface area contributed by atoms with Crippen molar-refractivity contribution < 1.29 is 14.3 Å². The van der Waals surface area contributed by atoms with Crippen LogP contribution in [0.15, 0.2) is 65.0 Å². The van der Waals surface area contributed by atoms with E-state index in [1.54, 1.807) is 6.07 Å². The van der Waals surface area contributed by atoms with Crippen LogP contribution in [0.2, 0.25) is 0 Å². The van der Waals surface area contributed by atoms with E-state index in [0.717, 1.165) is 41.2 Å². The lowest BCUT2D eigenvalue weighted by Gasteiger charge is -2.34. The molecule has 0 fully saturated rings. The Morgan fingerprint density at radius 1 is 1.16 bits per heavy atom. The van der Waals surface area contributed by atoms with Crippen molar-refractivity contribution in [2.75, 3.05) is 11.9 Å². The molecule has 1 atom stereocenters. The van der Waals surface area contributed by atoms with Gasteiger partial charge in [-0.15, -0.1) is 0 Å². The van der Waals surface area contributed by atoms with Crippen molar-refractivity contribution in [2.24, 2.45) is 0 Å². The minimum atomic E-state index is -0.426. The lowest BCUT2D eigenvalue weighted by atomic mass is 9.75. The Morgan fingerprint density at radius 3 is 2.65 bits per heavy atom. The number of aryl methyl sites for hydroxylation is 1. The zero-order valence-electron chi connectivity index (χ0n) is 18.1. The summed E-state index contributed by atoms with van der Waals surface area (Å²) in [6.45, 7) is 6.29. The number of hydrogen-bond acceptors (Lipinski definition) is 5. The zero-order valence-corrected chi connectivity index (χ0v) is 18.1. The Kier molecular flexibility index (Phi) is 5.89. The Balaban J connectivity index is 1.75. The normalized spacial score (nSPS) is 18.4. The SMILES string of the molecule is CCOc1ccc([C@@H]2C(C(=O)Nc3cccc(C)n3)=C(C)NC3=C2C(=O)CCC3)cc1. The molecule has 1 aromatic heterocycles. The van der Waals surface area contributed by atoms with Gasteiger partial charge in [0.2, 0.25) is 0 Å². The molecule has 1 aliphatic carbocycles. The lowest BCUT2D eigenvalue weighted by Crippen LogP contribution is -2.35. The van der Waals surface area contributed by atoms with Gasteiger partial charge in [-0.2, -0.15) is 0 Å². The average Bonchev–Trinajstić information content (AvgIpc) is 2.74. The second-order valence-corrected chi connectivity index (χ2v) is 7.89. The van der Waals surface area contributed by atoms with Crippen LogP contribution in [0, 0.1) is 6.92 Å². The van der Waals surface area contributed by atoms with Crippen LogP contribution < -0.4 is 15.4 Å². The van der Waals surface area contributed by atoms with Gasteiger partial charge in [-0.25, -0.2) is 4.98 Å². The van der Waals surface area contributed by atoms with E-state index in [1.165, 1.54) is 0 Å². The molecule has 6 nitrogen and oxygen atoms in total. The van der Waals surface area contributed by atoms with Gasteiger partial charge in [-0.1, -0.05) is 18.2 Å². The van der Waals surface area contributed by atoms with Crippen molar-refractivity contribution in [3.8, 4) is 5.75 Å². The number of pyridine rings is 1. The molecule has 4 rings (SSSR count). The van der Waals surface area contributed by atoms with E-state index >= 15 is 0 Å². The summed E-state index contributed by atoms with van der Waals surface area (Å²) in [5.74, 6) is 0.668. The summed E-state index contributed by atoms with van der Waals surface area (Å²) in [6, 6.07) is 13.2. The van der Waals surface area contributed by atoms with Crippen LogP contribution in [0.3, 0.4) is 0 Å². The van der Waals surface area contributed by atoms with E-state index in [-0.39, 0.29) is 11.7 Å². The van der Waals surface area contributed by atoms with Crippen molar-refractivity contribution >= 4 is 17.5 Å². The van der Waals surface area contributed by atoms with Gasteiger partial charge in [0, 0.05) is 40.6 Å². The van der Waals surface area contributed by atoms with Crippen LogP contribution in [0.1, 0.15) is 50.3 Å². The smallest absolute Gasteiger partial charge is 0.255 e. The number of carbonyl (C=O) groups excluding carboxylic acids is 2. The molecule has 0 saturated carbocycles. The summed E-state index contributed by atoms with van der Waals surface area (Å²) in [6.07, 6.45) is 2.13. The molecule has 2 aliphatic rings. The molecular weight excluding hydrogens is 390 g/mol. The van der Waals surface area contributed by atoms with Crippen LogP contribution >= 0.6 is 0 Å². The fourth-order valence-corrected chi connectivity index (χ4v) is 4.34. The van der Waals surface area contributed by atoms with Crippen LogP contribution in [-0.4, -0.2) is 23.3 Å². The number of dihydropyridines is 1. The third-order valence-electron chi connectivity index (χ3n) is 5.67. The summed E-state index contributed by atoms with van der Waals surface area (Å²) in [4.78, 5) is 30.8.